The first-order chi connectivity index (χ1) is 15.5. The molecule has 4 rings (SSSR count). The van der Waals surface area contributed by atoms with Crippen LogP contribution in [0.3, 0.4) is 0 Å². The summed E-state index contributed by atoms with van der Waals surface area (Å²) in [7, 11) is 0. The molecule has 164 valence electrons. The van der Waals surface area contributed by atoms with Crippen LogP contribution in [0.1, 0.15) is 27.0 Å². The Balaban J connectivity index is 1.26. The van der Waals surface area contributed by atoms with Crippen molar-refractivity contribution in [1.82, 2.24) is 5.32 Å². The van der Waals surface area contributed by atoms with E-state index in [1.165, 1.54) is 11.1 Å². The van der Waals surface area contributed by atoms with Crippen molar-refractivity contribution in [2.24, 2.45) is 0 Å². The summed E-state index contributed by atoms with van der Waals surface area (Å²) >= 11 is 0. The van der Waals surface area contributed by atoms with Crippen LogP contribution in [0, 0.1) is 13.8 Å². The number of carbonyl (C=O) groups is 2. The minimum absolute atomic E-state index is 0.153. The van der Waals surface area contributed by atoms with Crippen molar-refractivity contribution in [2.75, 3.05) is 24.0 Å². The molecule has 7 nitrogen and oxygen atoms in total. The topological polar surface area (TPSA) is 88.7 Å². The molecule has 1 heterocycles. The summed E-state index contributed by atoms with van der Waals surface area (Å²) in [6, 6.07) is 18.3. The minimum atomic E-state index is -0.197. The van der Waals surface area contributed by atoms with E-state index in [1.807, 2.05) is 50.2 Å². The summed E-state index contributed by atoms with van der Waals surface area (Å²) < 4.78 is 10.6. The van der Waals surface area contributed by atoms with Gasteiger partial charge >= 0.3 is 0 Å². The molecule has 0 radical (unpaired) electrons. The number of anilines is 2. The van der Waals surface area contributed by atoms with E-state index in [4.69, 9.17) is 9.47 Å². The Labute approximate surface area is 186 Å². The van der Waals surface area contributed by atoms with Gasteiger partial charge in [0.15, 0.2) is 11.5 Å². The van der Waals surface area contributed by atoms with Gasteiger partial charge in [-0.25, -0.2) is 0 Å². The third-order valence-corrected chi connectivity index (χ3v) is 5.28. The molecule has 0 saturated heterocycles. The van der Waals surface area contributed by atoms with Crippen LogP contribution in [0.5, 0.6) is 11.5 Å². The molecule has 0 aliphatic carbocycles. The molecule has 3 N–H and O–H groups in total. The first-order valence-corrected chi connectivity index (χ1v) is 10.4. The predicted molar refractivity (Wildman–Crippen MR) is 123 cm³/mol. The lowest BCUT2D eigenvalue weighted by Gasteiger charge is -2.10. The van der Waals surface area contributed by atoms with Crippen LogP contribution in [-0.2, 0) is 11.3 Å². The minimum Gasteiger partial charge on any atom is -0.454 e. The molecule has 0 atom stereocenters. The van der Waals surface area contributed by atoms with E-state index >= 15 is 0 Å². The van der Waals surface area contributed by atoms with Crippen LogP contribution in [0.15, 0.2) is 60.7 Å². The van der Waals surface area contributed by atoms with Crippen molar-refractivity contribution >= 4 is 23.2 Å². The Hall–Kier alpha value is -4.00. The molecular weight excluding hydrogens is 406 g/mol. The first kappa shape index (κ1) is 21.2. The quantitative estimate of drug-likeness (QED) is 0.526. The van der Waals surface area contributed by atoms with E-state index in [2.05, 4.69) is 16.0 Å². The first-order valence-electron chi connectivity index (χ1n) is 10.4. The molecule has 0 bridgehead atoms. The van der Waals surface area contributed by atoms with Crippen molar-refractivity contribution in [3.8, 4) is 11.5 Å². The molecule has 7 heteroatoms. The lowest BCUT2D eigenvalue weighted by atomic mass is 10.1. The standard InChI is InChI=1S/C25H25N3O4/c1-16-3-7-21(11-17(16)2)26-14-24(29)28-20-8-5-19(6-9-20)25(30)27-13-18-4-10-22-23(12-18)32-15-31-22/h3-12,26H,13-15H2,1-2H3,(H,27,30)(H,28,29). The Kier molecular flexibility index (Phi) is 6.26. The van der Waals surface area contributed by atoms with Crippen LogP contribution in [-0.4, -0.2) is 25.2 Å². The monoisotopic (exact) mass is 431 g/mol. The maximum atomic E-state index is 12.4. The Bertz CT molecular complexity index is 1140. The van der Waals surface area contributed by atoms with Gasteiger partial charge in [0, 0.05) is 23.5 Å². The van der Waals surface area contributed by atoms with Crippen LogP contribution >= 0.6 is 0 Å². The molecule has 1 aliphatic heterocycles. The molecule has 1 aliphatic rings. The molecule has 0 spiro atoms. The highest BCUT2D eigenvalue weighted by atomic mass is 16.7. The number of rotatable bonds is 7. The SMILES string of the molecule is Cc1ccc(NCC(=O)Nc2ccc(C(=O)NCc3ccc4c(c3)OCO4)cc2)cc1C. The summed E-state index contributed by atoms with van der Waals surface area (Å²) in [6.07, 6.45) is 0. The average Bonchev–Trinajstić information content (AvgIpc) is 3.27. The summed E-state index contributed by atoms with van der Waals surface area (Å²) in [6.45, 7) is 4.83. The van der Waals surface area contributed by atoms with Crippen LogP contribution in [0.4, 0.5) is 11.4 Å². The summed E-state index contributed by atoms with van der Waals surface area (Å²) in [5, 5.41) is 8.83. The lowest BCUT2D eigenvalue weighted by Crippen LogP contribution is -2.23. The summed E-state index contributed by atoms with van der Waals surface area (Å²) in [5.41, 5.74) is 5.34. The number of amides is 2. The van der Waals surface area contributed by atoms with Gasteiger partial charge in [-0.1, -0.05) is 12.1 Å². The van der Waals surface area contributed by atoms with Gasteiger partial charge < -0.3 is 25.4 Å². The maximum Gasteiger partial charge on any atom is 0.251 e. The van der Waals surface area contributed by atoms with Gasteiger partial charge in [0.25, 0.3) is 5.91 Å². The summed E-state index contributed by atoms with van der Waals surface area (Å²) in [5.74, 6) is 1.03. The molecule has 0 fully saturated rings. The van der Waals surface area contributed by atoms with Crippen molar-refractivity contribution in [3.05, 3.63) is 82.9 Å². The number of benzene rings is 3. The van der Waals surface area contributed by atoms with Crippen LogP contribution in [0.25, 0.3) is 0 Å². The number of ether oxygens (including phenoxy) is 2. The smallest absolute Gasteiger partial charge is 0.251 e. The van der Waals surface area contributed by atoms with E-state index < -0.39 is 0 Å². The molecule has 3 aromatic carbocycles. The highest BCUT2D eigenvalue weighted by molar-refractivity contribution is 5.96. The number of nitrogens with one attached hydrogen (secondary N) is 3. The zero-order chi connectivity index (χ0) is 22.5. The van der Waals surface area contributed by atoms with Crippen LogP contribution < -0.4 is 25.4 Å². The fourth-order valence-corrected chi connectivity index (χ4v) is 3.28. The van der Waals surface area contributed by atoms with Crippen LogP contribution in [0.2, 0.25) is 0 Å². The van der Waals surface area contributed by atoms with E-state index in [-0.39, 0.29) is 25.2 Å². The van der Waals surface area contributed by atoms with Gasteiger partial charge in [-0.2, -0.15) is 0 Å². The second-order valence-electron chi connectivity index (χ2n) is 7.65. The molecular formula is C25H25N3O4. The second-order valence-corrected chi connectivity index (χ2v) is 7.65. The van der Waals surface area contributed by atoms with Crippen molar-refractivity contribution in [3.63, 3.8) is 0 Å². The van der Waals surface area contributed by atoms with Gasteiger partial charge in [-0.3, -0.25) is 9.59 Å². The van der Waals surface area contributed by atoms with Gasteiger partial charge in [0.1, 0.15) is 0 Å². The molecule has 3 aromatic rings. The Morgan fingerprint density at radius 3 is 2.38 bits per heavy atom. The molecule has 2 amide bonds. The zero-order valence-electron chi connectivity index (χ0n) is 18.0. The summed E-state index contributed by atoms with van der Waals surface area (Å²) in [4.78, 5) is 24.7. The predicted octanol–water partition coefficient (Wildman–Crippen LogP) is 4.01. The van der Waals surface area contributed by atoms with E-state index in [0.29, 0.717) is 29.3 Å². The molecule has 32 heavy (non-hydrogen) atoms. The highest BCUT2D eigenvalue weighted by Gasteiger charge is 2.14. The molecule has 0 saturated carbocycles. The van der Waals surface area contributed by atoms with Gasteiger partial charge in [0.05, 0.1) is 6.54 Å². The van der Waals surface area contributed by atoms with Crippen molar-refractivity contribution < 1.29 is 19.1 Å². The zero-order valence-corrected chi connectivity index (χ0v) is 18.0. The Morgan fingerprint density at radius 1 is 0.844 bits per heavy atom. The van der Waals surface area contributed by atoms with E-state index in [0.717, 1.165) is 11.3 Å². The molecule has 0 aromatic heterocycles. The number of hydrogen-bond acceptors (Lipinski definition) is 5. The van der Waals surface area contributed by atoms with E-state index in [9.17, 15) is 9.59 Å². The Morgan fingerprint density at radius 2 is 1.59 bits per heavy atom. The number of fused-ring (bicyclic) bond motifs is 1. The normalized spacial score (nSPS) is 11.7. The third kappa shape index (κ3) is 5.18. The maximum absolute atomic E-state index is 12.4. The van der Waals surface area contributed by atoms with Crippen molar-refractivity contribution in [2.45, 2.75) is 20.4 Å². The fourth-order valence-electron chi connectivity index (χ4n) is 3.28. The number of hydrogen-bond donors (Lipinski definition) is 3. The van der Waals surface area contributed by atoms with Crippen molar-refractivity contribution in [1.29, 1.82) is 0 Å². The number of aryl methyl sites for hydroxylation is 2. The highest BCUT2D eigenvalue weighted by Crippen LogP contribution is 2.32. The average molecular weight is 431 g/mol. The molecule has 0 unspecified atom stereocenters. The van der Waals surface area contributed by atoms with Gasteiger partial charge in [0.2, 0.25) is 12.7 Å². The number of carbonyl (C=O) groups excluding carboxylic acids is 2. The lowest BCUT2D eigenvalue weighted by molar-refractivity contribution is -0.114. The largest absolute Gasteiger partial charge is 0.454 e. The van der Waals surface area contributed by atoms with Gasteiger partial charge in [-0.15, -0.1) is 0 Å². The van der Waals surface area contributed by atoms with E-state index in [1.54, 1.807) is 24.3 Å². The fraction of sp³-hybridized carbons (Fsp3) is 0.200. The third-order valence-electron chi connectivity index (χ3n) is 5.28. The van der Waals surface area contributed by atoms with Gasteiger partial charge in [-0.05, 0) is 79.1 Å². The second kappa shape index (κ2) is 9.43.